The van der Waals surface area contributed by atoms with Crippen molar-refractivity contribution in [3.8, 4) is 11.5 Å². The van der Waals surface area contributed by atoms with Gasteiger partial charge in [0, 0.05) is 68.9 Å². The monoisotopic (exact) mass is 646 g/mol. The molecule has 2 fully saturated rings. The molecule has 0 aromatic heterocycles. The summed E-state index contributed by atoms with van der Waals surface area (Å²) in [7, 11) is -3.86. The third-order valence-corrected chi connectivity index (χ3v) is 11.3. The van der Waals surface area contributed by atoms with E-state index < -0.39 is 10.0 Å². The van der Waals surface area contributed by atoms with Gasteiger partial charge in [-0.2, -0.15) is 4.31 Å². The number of fused-ring (bicyclic) bond motifs is 2. The molecule has 1 unspecified atom stereocenters. The smallest absolute Gasteiger partial charge is 0.244 e. The van der Waals surface area contributed by atoms with E-state index in [1.807, 2.05) is 29.2 Å². The number of carbonyl (C=O) groups is 2. The average molecular weight is 648 g/mol. The molecule has 0 aliphatic carbocycles. The molecule has 0 saturated carbocycles. The standard InChI is InChI=1S/C29H35BrN4O6S/c1-2-28(35)34-9-7-21-15-23(30)27(16-24(21)34)41(37,38)33-8-3-4-22(18-33)29(36)32-12-10-31(11-13-32)17-20-5-6-25-26(14-20)40-19-39-25/h5-6,14-16,22H,2-4,7-13,17-19H2,1H3. The molecule has 4 heterocycles. The van der Waals surface area contributed by atoms with Gasteiger partial charge >= 0.3 is 0 Å². The van der Waals surface area contributed by atoms with Gasteiger partial charge in [-0.1, -0.05) is 13.0 Å². The Hall–Kier alpha value is -2.67. The number of sulfonamides is 1. The fourth-order valence-electron chi connectivity index (χ4n) is 6.22. The van der Waals surface area contributed by atoms with Crippen molar-refractivity contribution in [3.05, 3.63) is 45.9 Å². The zero-order valence-corrected chi connectivity index (χ0v) is 25.6. The number of piperazine rings is 1. The zero-order valence-electron chi connectivity index (χ0n) is 23.2. The molecule has 2 aromatic rings. The van der Waals surface area contributed by atoms with Gasteiger partial charge in [-0.05, 0) is 70.6 Å². The van der Waals surface area contributed by atoms with E-state index >= 15 is 0 Å². The highest BCUT2D eigenvalue weighted by Gasteiger charge is 2.38. The maximum Gasteiger partial charge on any atom is 0.244 e. The molecule has 220 valence electrons. The highest BCUT2D eigenvalue weighted by molar-refractivity contribution is 9.10. The summed E-state index contributed by atoms with van der Waals surface area (Å²) in [5.41, 5.74) is 2.77. The van der Waals surface area contributed by atoms with Crippen LogP contribution in [0.1, 0.15) is 37.3 Å². The molecule has 2 aromatic carbocycles. The average Bonchev–Trinajstić information content (AvgIpc) is 3.63. The number of carbonyl (C=O) groups excluding carboxylic acids is 2. The molecular formula is C29H35BrN4O6S. The third-order valence-electron chi connectivity index (χ3n) is 8.51. The SMILES string of the molecule is CCC(=O)N1CCc2cc(Br)c(S(=O)(=O)N3CCCC(C(=O)N4CCN(Cc5ccc6c(c5)OCO6)CC4)C3)cc21. The lowest BCUT2D eigenvalue weighted by Crippen LogP contribution is -2.52. The van der Waals surface area contributed by atoms with Crippen LogP contribution in [0.5, 0.6) is 11.5 Å². The van der Waals surface area contributed by atoms with Crippen LogP contribution in [0.15, 0.2) is 39.7 Å². The van der Waals surface area contributed by atoms with Crippen molar-refractivity contribution in [3.63, 3.8) is 0 Å². The van der Waals surface area contributed by atoms with E-state index in [0.29, 0.717) is 62.0 Å². The highest BCUT2D eigenvalue weighted by atomic mass is 79.9. The van der Waals surface area contributed by atoms with Crippen LogP contribution < -0.4 is 14.4 Å². The number of anilines is 1. The summed E-state index contributed by atoms with van der Waals surface area (Å²) in [4.78, 5) is 32.0. The Morgan fingerprint density at radius 3 is 2.56 bits per heavy atom. The van der Waals surface area contributed by atoms with Crippen molar-refractivity contribution < 1.29 is 27.5 Å². The first kappa shape index (κ1) is 28.4. The van der Waals surface area contributed by atoms with Gasteiger partial charge in [-0.25, -0.2) is 8.42 Å². The van der Waals surface area contributed by atoms with Gasteiger partial charge in [0.05, 0.1) is 10.8 Å². The minimum absolute atomic E-state index is 0.0194. The van der Waals surface area contributed by atoms with Crippen LogP contribution >= 0.6 is 15.9 Å². The van der Waals surface area contributed by atoms with E-state index in [-0.39, 0.29) is 36.0 Å². The highest BCUT2D eigenvalue weighted by Crippen LogP contribution is 2.38. The van der Waals surface area contributed by atoms with Crippen molar-refractivity contribution in [1.82, 2.24) is 14.1 Å². The first-order valence-electron chi connectivity index (χ1n) is 14.3. The van der Waals surface area contributed by atoms with E-state index in [1.165, 1.54) is 4.31 Å². The molecule has 0 N–H and O–H groups in total. The maximum absolute atomic E-state index is 13.8. The van der Waals surface area contributed by atoms with Crippen LogP contribution in [0.25, 0.3) is 0 Å². The van der Waals surface area contributed by atoms with Gasteiger partial charge in [0.2, 0.25) is 28.6 Å². The normalized spacial score (nSPS) is 21.3. The molecule has 2 saturated heterocycles. The van der Waals surface area contributed by atoms with Crippen LogP contribution in [0, 0.1) is 5.92 Å². The fraction of sp³-hybridized carbons (Fsp3) is 0.517. The largest absolute Gasteiger partial charge is 0.454 e. The molecule has 0 spiro atoms. The molecule has 0 radical (unpaired) electrons. The maximum atomic E-state index is 13.8. The second kappa shape index (κ2) is 11.5. The van der Waals surface area contributed by atoms with Crippen LogP contribution in [-0.2, 0) is 32.6 Å². The van der Waals surface area contributed by atoms with Crippen molar-refractivity contribution in [2.24, 2.45) is 5.92 Å². The molecule has 6 rings (SSSR count). The Kier molecular flexibility index (Phi) is 8.01. The molecule has 0 bridgehead atoms. The van der Waals surface area contributed by atoms with Gasteiger partial charge in [0.1, 0.15) is 0 Å². The van der Waals surface area contributed by atoms with Crippen LogP contribution in [0.2, 0.25) is 0 Å². The van der Waals surface area contributed by atoms with Crippen molar-refractivity contribution >= 4 is 43.5 Å². The number of piperidine rings is 1. The van der Waals surface area contributed by atoms with Crippen LogP contribution in [-0.4, -0.2) is 86.9 Å². The van der Waals surface area contributed by atoms with Crippen molar-refractivity contribution in [2.45, 2.75) is 44.0 Å². The van der Waals surface area contributed by atoms with Gasteiger partial charge in [-0.15, -0.1) is 0 Å². The van der Waals surface area contributed by atoms with Gasteiger partial charge in [0.15, 0.2) is 11.5 Å². The molecule has 1 atom stereocenters. The number of halogens is 1. The van der Waals surface area contributed by atoms with E-state index in [9.17, 15) is 18.0 Å². The minimum atomic E-state index is -3.86. The molecular weight excluding hydrogens is 612 g/mol. The predicted molar refractivity (Wildman–Crippen MR) is 156 cm³/mol. The van der Waals surface area contributed by atoms with E-state index in [0.717, 1.165) is 42.3 Å². The molecule has 2 amide bonds. The number of rotatable bonds is 6. The Bertz CT molecular complexity index is 1460. The summed E-state index contributed by atoms with van der Waals surface area (Å²) in [6, 6.07) is 9.43. The molecule has 4 aliphatic heterocycles. The first-order chi connectivity index (χ1) is 19.7. The first-order valence-corrected chi connectivity index (χ1v) is 16.5. The Morgan fingerprint density at radius 1 is 1.00 bits per heavy atom. The molecule has 10 nitrogen and oxygen atoms in total. The summed E-state index contributed by atoms with van der Waals surface area (Å²) in [5.74, 6) is 1.18. The Labute approximate surface area is 249 Å². The second-order valence-corrected chi connectivity index (χ2v) is 13.8. The summed E-state index contributed by atoms with van der Waals surface area (Å²) in [5, 5.41) is 0. The number of hydrogen-bond acceptors (Lipinski definition) is 7. The van der Waals surface area contributed by atoms with Crippen LogP contribution in [0.3, 0.4) is 0 Å². The number of hydrogen-bond donors (Lipinski definition) is 0. The number of benzene rings is 2. The summed E-state index contributed by atoms with van der Waals surface area (Å²) >= 11 is 3.47. The molecule has 4 aliphatic rings. The Balaban J connectivity index is 1.09. The van der Waals surface area contributed by atoms with Crippen molar-refractivity contribution in [2.75, 3.05) is 57.5 Å². The Morgan fingerprint density at radius 2 is 1.78 bits per heavy atom. The second-order valence-electron chi connectivity index (χ2n) is 11.1. The van der Waals surface area contributed by atoms with E-state index in [2.05, 4.69) is 20.8 Å². The lowest BCUT2D eigenvalue weighted by molar-refractivity contribution is -0.138. The lowest BCUT2D eigenvalue weighted by atomic mass is 9.97. The lowest BCUT2D eigenvalue weighted by Gasteiger charge is -2.38. The predicted octanol–water partition coefficient (Wildman–Crippen LogP) is 3.22. The van der Waals surface area contributed by atoms with E-state index in [1.54, 1.807) is 17.9 Å². The van der Waals surface area contributed by atoms with E-state index in [4.69, 9.17) is 9.47 Å². The van der Waals surface area contributed by atoms with Gasteiger partial charge in [0.25, 0.3) is 0 Å². The molecule has 41 heavy (non-hydrogen) atoms. The van der Waals surface area contributed by atoms with Gasteiger partial charge < -0.3 is 19.3 Å². The number of amides is 2. The fourth-order valence-corrected chi connectivity index (χ4v) is 8.81. The van der Waals surface area contributed by atoms with Gasteiger partial charge in [-0.3, -0.25) is 14.5 Å². The molecule has 12 heteroatoms. The number of nitrogens with zero attached hydrogens (tertiary/aromatic N) is 4. The van der Waals surface area contributed by atoms with Crippen molar-refractivity contribution in [1.29, 1.82) is 0 Å². The quantitative estimate of drug-likeness (QED) is 0.475. The zero-order chi connectivity index (χ0) is 28.7. The summed E-state index contributed by atoms with van der Waals surface area (Å²) in [6.45, 7) is 6.66. The number of ether oxygens (including phenoxy) is 2. The summed E-state index contributed by atoms with van der Waals surface area (Å²) < 4.78 is 40.5. The van der Waals surface area contributed by atoms with Crippen LogP contribution in [0.4, 0.5) is 5.69 Å². The minimum Gasteiger partial charge on any atom is -0.454 e. The topological polar surface area (TPSA) is 99.7 Å². The summed E-state index contributed by atoms with van der Waals surface area (Å²) in [6.07, 6.45) is 2.36. The third kappa shape index (κ3) is 5.59.